The van der Waals surface area contributed by atoms with Crippen molar-refractivity contribution in [2.75, 3.05) is 44.9 Å². The molecule has 0 saturated carbocycles. The topological polar surface area (TPSA) is 93.1 Å². The second-order valence-electron chi connectivity index (χ2n) is 6.12. The van der Waals surface area contributed by atoms with Gasteiger partial charge < -0.3 is 14.6 Å². The lowest BCUT2D eigenvalue weighted by molar-refractivity contribution is 0.0696. The van der Waals surface area contributed by atoms with E-state index in [9.17, 15) is 13.2 Å². The predicted molar refractivity (Wildman–Crippen MR) is 94.0 cm³/mol. The van der Waals surface area contributed by atoms with Crippen LogP contribution in [0.4, 0.5) is 0 Å². The summed E-state index contributed by atoms with van der Waals surface area (Å²) in [6.45, 7) is 2.39. The van der Waals surface area contributed by atoms with E-state index < -0.39 is 15.8 Å². The Balaban J connectivity index is 1.82. The molecule has 25 heavy (non-hydrogen) atoms. The number of ether oxygens (including phenoxy) is 2. The first kappa shape index (κ1) is 19.7. The van der Waals surface area contributed by atoms with Gasteiger partial charge in [0.2, 0.25) is 0 Å². The number of hydrogen-bond donors (Lipinski definition) is 1. The summed E-state index contributed by atoms with van der Waals surface area (Å²) in [6.07, 6.45) is 1.38. The molecule has 0 bridgehead atoms. The first-order chi connectivity index (χ1) is 11.9. The Morgan fingerprint density at radius 2 is 2.12 bits per heavy atom. The molecular weight excluding hydrogens is 346 g/mol. The molecule has 1 aromatic carbocycles. The smallest absolute Gasteiger partial charge is 0.335 e. The molecule has 1 unspecified atom stereocenters. The van der Waals surface area contributed by atoms with Gasteiger partial charge in [-0.3, -0.25) is 4.90 Å². The number of aromatic carboxylic acids is 1. The van der Waals surface area contributed by atoms with Crippen LogP contribution in [-0.2, 0) is 14.6 Å². The molecule has 1 aliphatic rings. The van der Waals surface area contributed by atoms with E-state index in [-0.39, 0.29) is 23.1 Å². The van der Waals surface area contributed by atoms with Gasteiger partial charge in [-0.15, -0.1) is 0 Å². The lowest BCUT2D eigenvalue weighted by Crippen LogP contribution is -2.39. The quantitative estimate of drug-likeness (QED) is 0.620. The van der Waals surface area contributed by atoms with Gasteiger partial charge in [-0.05, 0) is 31.0 Å². The minimum absolute atomic E-state index is 0.0375. The van der Waals surface area contributed by atoms with Gasteiger partial charge in [0.1, 0.15) is 5.75 Å². The SMILES string of the molecule is COCCN(CCCOc1cccc(C(=O)O)c1)C1CCS(=O)(=O)C1. The molecule has 0 radical (unpaired) electrons. The zero-order chi connectivity index (χ0) is 18.3. The first-order valence-electron chi connectivity index (χ1n) is 8.31. The minimum atomic E-state index is -2.92. The van der Waals surface area contributed by atoms with Crippen LogP contribution in [0.15, 0.2) is 24.3 Å². The third-order valence-electron chi connectivity index (χ3n) is 4.25. The number of carbonyl (C=O) groups is 1. The summed E-state index contributed by atoms with van der Waals surface area (Å²) in [6, 6.07) is 6.41. The first-order valence-corrected chi connectivity index (χ1v) is 10.1. The number of methoxy groups -OCH3 is 1. The average Bonchev–Trinajstić information content (AvgIpc) is 2.94. The average molecular weight is 371 g/mol. The predicted octanol–water partition coefficient (Wildman–Crippen LogP) is 1.29. The lowest BCUT2D eigenvalue weighted by Gasteiger charge is -2.27. The van der Waals surface area contributed by atoms with Gasteiger partial charge in [-0.25, -0.2) is 13.2 Å². The summed E-state index contributed by atoms with van der Waals surface area (Å²) in [5.74, 6) is -0.0110. The van der Waals surface area contributed by atoms with E-state index in [1.165, 1.54) is 12.1 Å². The summed E-state index contributed by atoms with van der Waals surface area (Å²) in [4.78, 5) is 13.1. The summed E-state index contributed by atoms with van der Waals surface area (Å²) in [5, 5.41) is 8.98. The molecule has 1 aromatic rings. The van der Waals surface area contributed by atoms with Gasteiger partial charge in [0.25, 0.3) is 0 Å². The second kappa shape index (κ2) is 9.17. The Labute approximate surface area is 148 Å². The normalized spacial score (nSPS) is 19.2. The van der Waals surface area contributed by atoms with Crippen LogP contribution in [-0.4, -0.2) is 75.4 Å². The van der Waals surface area contributed by atoms with Crippen molar-refractivity contribution in [3.8, 4) is 5.75 Å². The van der Waals surface area contributed by atoms with Crippen molar-refractivity contribution in [3.05, 3.63) is 29.8 Å². The molecule has 1 N–H and O–H groups in total. The lowest BCUT2D eigenvalue weighted by atomic mass is 10.2. The number of carboxylic acids is 1. The summed E-state index contributed by atoms with van der Waals surface area (Å²) >= 11 is 0. The monoisotopic (exact) mass is 371 g/mol. The zero-order valence-corrected chi connectivity index (χ0v) is 15.2. The van der Waals surface area contributed by atoms with E-state index in [1.807, 2.05) is 0 Å². The van der Waals surface area contributed by atoms with E-state index >= 15 is 0 Å². The standard InChI is InChI=1S/C17H25NO6S/c1-23-10-8-18(15-6-11-25(21,22)13-15)7-3-9-24-16-5-2-4-14(12-16)17(19)20/h2,4-5,12,15H,3,6-11,13H2,1H3,(H,19,20). The van der Waals surface area contributed by atoms with Gasteiger partial charge in [0, 0.05) is 26.2 Å². The van der Waals surface area contributed by atoms with E-state index in [0.29, 0.717) is 38.5 Å². The number of nitrogens with zero attached hydrogens (tertiary/aromatic N) is 1. The molecule has 0 spiro atoms. The van der Waals surface area contributed by atoms with Crippen LogP contribution >= 0.6 is 0 Å². The third-order valence-corrected chi connectivity index (χ3v) is 6.00. The zero-order valence-electron chi connectivity index (χ0n) is 14.4. The van der Waals surface area contributed by atoms with Gasteiger partial charge in [0.05, 0.1) is 30.3 Å². The number of benzene rings is 1. The Kier molecular flexibility index (Phi) is 7.22. The third kappa shape index (κ3) is 6.30. The summed E-state index contributed by atoms with van der Waals surface area (Å²) in [5.41, 5.74) is 0.190. The molecule has 2 rings (SSSR count). The number of rotatable bonds is 10. The Bertz CT molecular complexity index is 675. The molecule has 0 aromatic heterocycles. The van der Waals surface area contributed by atoms with E-state index in [4.69, 9.17) is 14.6 Å². The van der Waals surface area contributed by atoms with Gasteiger partial charge in [-0.1, -0.05) is 6.07 Å². The number of carboxylic acid groups (broad SMARTS) is 1. The van der Waals surface area contributed by atoms with Crippen LogP contribution in [0.2, 0.25) is 0 Å². The van der Waals surface area contributed by atoms with Crippen molar-refractivity contribution in [2.24, 2.45) is 0 Å². The fourth-order valence-electron chi connectivity index (χ4n) is 2.93. The second-order valence-corrected chi connectivity index (χ2v) is 8.35. The van der Waals surface area contributed by atoms with Crippen molar-refractivity contribution < 1.29 is 27.8 Å². The Hall–Kier alpha value is -1.64. The number of hydrogen-bond acceptors (Lipinski definition) is 6. The van der Waals surface area contributed by atoms with Crippen molar-refractivity contribution in [2.45, 2.75) is 18.9 Å². The molecule has 1 fully saturated rings. The maximum atomic E-state index is 11.7. The maximum Gasteiger partial charge on any atom is 0.335 e. The van der Waals surface area contributed by atoms with E-state index in [2.05, 4.69) is 4.90 Å². The molecule has 1 atom stereocenters. The summed E-state index contributed by atoms with van der Waals surface area (Å²) < 4.78 is 34.1. The van der Waals surface area contributed by atoms with Crippen molar-refractivity contribution in [1.82, 2.24) is 4.90 Å². The molecule has 0 aliphatic carbocycles. The Morgan fingerprint density at radius 3 is 2.76 bits per heavy atom. The van der Waals surface area contributed by atoms with E-state index in [0.717, 1.165) is 6.42 Å². The molecule has 1 heterocycles. The highest BCUT2D eigenvalue weighted by atomic mass is 32.2. The molecular formula is C17H25NO6S. The molecule has 1 aliphatic heterocycles. The van der Waals surface area contributed by atoms with Crippen molar-refractivity contribution in [1.29, 1.82) is 0 Å². The number of sulfone groups is 1. The fraction of sp³-hybridized carbons (Fsp3) is 0.588. The van der Waals surface area contributed by atoms with Crippen LogP contribution in [0.1, 0.15) is 23.2 Å². The molecule has 1 saturated heterocycles. The van der Waals surface area contributed by atoms with Crippen LogP contribution in [0.3, 0.4) is 0 Å². The molecule has 8 heteroatoms. The van der Waals surface area contributed by atoms with Gasteiger partial charge >= 0.3 is 5.97 Å². The van der Waals surface area contributed by atoms with Gasteiger partial charge in [0.15, 0.2) is 9.84 Å². The van der Waals surface area contributed by atoms with Gasteiger partial charge in [-0.2, -0.15) is 0 Å². The highest BCUT2D eigenvalue weighted by Crippen LogP contribution is 2.18. The van der Waals surface area contributed by atoms with Crippen LogP contribution in [0.5, 0.6) is 5.75 Å². The molecule has 7 nitrogen and oxygen atoms in total. The van der Waals surface area contributed by atoms with Crippen LogP contribution < -0.4 is 4.74 Å². The molecule has 140 valence electrons. The summed E-state index contributed by atoms with van der Waals surface area (Å²) in [7, 11) is -1.29. The maximum absolute atomic E-state index is 11.7. The fourth-order valence-corrected chi connectivity index (χ4v) is 4.69. The Morgan fingerprint density at radius 1 is 1.32 bits per heavy atom. The highest BCUT2D eigenvalue weighted by molar-refractivity contribution is 7.91. The van der Waals surface area contributed by atoms with Crippen LogP contribution in [0.25, 0.3) is 0 Å². The van der Waals surface area contributed by atoms with Crippen molar-refractivity contribution >= 4 is 15.8 Å². The minimum Gasteiger partial charge on any atom is -0.494 e. The van der Waals surface area contributed by atoms with E-state index in [1.54, 1.807) is 19.2 Å². The largest absolute Gasteiger partial charge is 0.494 e. The highest BCUT2D eigenvalue weighted by Gasteiger charge is 2.31. The van der Waals surface area contributed by atoms with Crippen LogP contribution in [0, 0.1) is 0 Å². The van der Waals surface area contributed by atoms with Crippen molar-refractivity contribution in [3.63, 3.8) is 0 Å². The molecule has 0 amide bonds.